The number of carbonyl (C=O) groups excluding carboxylic acids is 1. The highest BCUT2D eigenvalue weighted by Gasteiger charge is 2.44. The van der Waals surface area contributed by atoms with Crippen molar-refractivity contribution < 1.29 is 26.4 Å². The van der Waals surface area contributed by atoms with Gasteiger partial charge in [0.25, 0.3) is 0 Å². The third kappa shape index (κ3) is 4.27. The third-order valence-electron chi connectivity index (χ3n) is 4.86. The summed E-state index contributed by atoms with van der Waals surface area (Å²) in [5, 5.41) is 2.65. The molecule has 1 fully saturated rings. The largest absolute Gasteiger partial charge is 0.417 e. The minimum absolute atomic E-state index is 0.0693. The van der Waals surface area contributed by atoms with Crippen LogP contribution in [-0.2, 0) is 21.0 Å². The lowest BCUT2D eigenvalue weighted by Gasteiger charge is -2.24. The van der Waals surface area contributed by atoms with Crippen LogP contribution in [0, 0.1) is 0 Å². The van der Waals surface area contributed by atoms with E-state index in [0.29, 0.717) is 18.0 Å². The number of carbonyl (C=O) groups is 1. The quantitative estimate of drug-likeness (QED) is 0.573. The number of hydrogen-bond acceptors (Lipinski definition) is 5. The Kier molecular flexibility index (Phi) is 5.71. The normalized spacial score (nSPS) is 17.9. The van der Waals surface area contributed by atoms with Gasteiger partial charge in [0.2, 0.25) is 15.9 Å². The molecule has 1 aliphatic rings. The number of halogens is 4. The molecule has 1 saturated heterocycles. The molecule has 0 bridgehead atoms. The zero-order valence-electron chi connectivity index (χ0n) is 15.7. The van der Waals surface area contributed by atoms with E-state index >= 15 is 0 Å². The number of aromatic nitrogens is 1. The Labute approximate surface area is 184 Å². The molecule has 3 aromatic rings. The number of hydrogen-bond donors (Lipinski definition) is 1. The minimum atomic E-state index is -4.92. The van der Waals surface area contributed by atoms with E-state index in [9.17, 15) is 26.4 Å². The topological polar surface area (TPSA) is 79.4 Å². The number of thiazole rings is 1. The maximum atomic E-state index is 13.5. The fraction of sp³-hybridized carbons (Fsp3) is 0.263. The first-order valence-corrected chi connectivity index (χ1v) is 11.8. The van der Waals surface area contributed by atoms with Gasteiger partial charge in [-0.05, 0) is 43.2 Å². The van der Waals surface area contributed by atoms with Crippen molar-refractivity contribution in [2.45, 2.75) is 30.0 Å². The average Bonchev–Trinajstić information content (AvgIpc) is 3.34. The first kappa shape index (κ1) is 22.0. The van der Waals surface area contributed by atoms with Gasteiger partial charge in [-0.15, -0.1) is 0 Å². The van der Waals surface area contributed by atoms with Crippen LogP contribution in [0.3, 0.4) is 0 Å². The first-order chi connectivity index (χ1) is 14.6. The number of fused-ring (bicyclic) bond motifs is 1. The van der Waals surface area contributed by atoms with Gasteiger partial charge in [-0.1, -0.05) is 35.1 Å². The van der Waals surface area contributed by atoms with Crippen molar-refractivity contribution in [3.05, 3.63) is 53.1 Å². The molecule has 0 aliphatic carbocycles. The predicted octanol–water partition coefficient (Wildman–Crippen LogP) is 4.76. The van der Waals surface area contributed by atoms with E-state index in [1.807, 2.05) is 12.1 Å². The molecule has 2 aromatic carbocycles. The summed E-state index contributed by atoms with van der Waals surface area (Å²) in [5.74, 6) is -0.636. The van der Waals surface area contributed by atoms with Crippen LogP contribution >= 0.6 is 22.9 Å². The van der Waals surface area contributed by atoms with E-state index in [4.69, 9.17) is 11.6 Å². The molecule has 0 unspecified atom stereocenters. The lowest BCUT2D eigenvalue weighted by molar-refractivity contribution is -0.139. The minimum Gasteiger partial charge on any atom is -0.301 e. The van der Waals surface area contributed by atoms with Crippen LogP contribution in [0.5, 0.6) is 0 Å². The van der Waals surface area contributed by atoms with Gasteiger partial charge in [0.1, 0.15) is 6.04 Å². The molecule has 1 aliphatic heterocycles. The third-order valence-corrected chi connectivity index (χ3v) is 8.02. The molecule has 1 N–H and O–H groups in total. The van der Waals surface area contributed by atoms with Crippen LogP contribution in [0.4, 0.5) is 18.3 Å². The Morgan fingerprint density at radius 2 is 1.97 bits per heavy atom. The van der Waals surface area contributed by atoms with Crippen molar-refractivity contribution >= 4 is 54.2 Å². The van der Waals surface area contributed by atoms with Crippen molar-refractivity contribution in [1.82, 2.24) is 9.29 Å². The summed E-state index contributed by atoms with van der Waals surface area (Å²) in [5.41, 5.74) is -0.688. The number of benzene rings is 2. The molecule has 0 spiro atoms. The van der Waals surface area contributed by atoms with E-state index in [1.54, 1.807) is 12.1 Å². The lowest BCUT2D eigenvalue weighted by Crippen LogP contribution is -2.43. The Morgan fingerprint density at radius 1 is 1.23 bits per heavy atom. The van der Waals surface area contributed by atoms with Crippen molar-refractivity contribution in [2.24, 2.45) is 0 Å². The van der Waals surface area contributed by atoms with Crippen molar-refractivity contribution in [1.29, 1.82) is 0 Å². The summed E-state index contributed by atoms with van der Waals surface area (Å²) in [6.07, 6.45) is -4.40. The molecule has 6 nitrogen and oxygen atoms in total. The number of nitrogens with one attached hydrogen (secondary N) is 1. The summed E-state index contributed by atoms with van der Waals surface area (Å²) >= 11 is 6.88. The molecular weight excluding hydrogens is 475 g/mol. The maximum absolute atomic E-state index is 13.5. The molecule has 0 saturated carbocycles. The highest BCUT2D eigenvalue weighted by atomic mass is 35.5. The van der Waals surface area contributed by atoms with Crippen LogP contribution in [0.25, 0.3) is 10.2 Å². The zero-order valence-corrected chi connectivity index (χ0v) is 18.1. The van der Waals surface area contributed by atoms with Crippen molar-refractivity contribution in [2.75, 3.05) is 11.9 Å². The van der Waals surface area contributed by atoms with Gasteiger partial charge in [-0.3, -0.25) is 4.79 Å². The SMILES string of the molecule is O=C(Nc1nc2ccccc2s1)[C@@H]1CCCN1S(=O)(=O)c1ccc(Cl)cc1C(F)(F)F. The highest BCUT2D eigenvalue weighted by molar-refractivity contribution is 7.89. The highest BCUT2D eigenvalue weighted by Crippen LogP contribution is 2.38. The Morgan fingerprint density at radius 3 is 2.68 bits per heavy atom. The Balaban J connectivity index is 1.64. The van der Waals surface area contributed by atoms with Crippen LogP contribution in [0.2, 0.25) is 5.02 Å². The fourth-order valence-corrected chi connectivity index (χ4v) is 6.37. The van der Waals surface area contributed by atoms with E-state index in [0.717, 1.165) is 21.1 Å². The number of para-hydroxylation sites is 1. The van der Waals surface area contributed by atoms with Crippen molar-refractivity contribution in [3.63, 3.8) is 0 Å². The summed E-state index contributed by atoms with van der Waals surface area (Å²) in [4.78, 5) is 16.2. The monoisotopic (exact) mass is 489 g/mol. The zero-order chi connectivity index (χ0) is 22.4. The summed E-state index contributed by atoms with van der Waals surface area (Å²) in [6, 6.07) is 8.54. The van der Waals surface area contributed by atoms with Gasteiger partial charge >= 0.3 is 6.18 Å². The molecule has 0 radical (unpaired) electrons. The standard InChI is InChI=1S/C19H15ClF3N3O3S2/c20-11-7-8-16(12(10-11)19(21,22)23)31(28,29)26-9-3-5-14(26)17(27)25-18-24-13-4-1-2-6-15(13)30-18/h1-2,4,6-8,10,14H,3,5,9H2,(H,24,25,27)/t14-/m0/s1. The van der Waals surface area contributed by atoms with E-state index in [2.05, 4.69) is 10.3 Å². The lowest BCUT2D eigenvalue weighted by atomic mass is 10.2. The molecule has 4 rings (SSSR count). The van der Waals surface area contributed by atoms with Crippen LogP contribution in [0.1, 0.15) is 18.4 Å². The van der Waals surface area contributed by atoms with Gasteiger partial charge in [0.15, 0.2) is 5.13 Å². The molecule has 12 heteroatoms. The average molecular weight is 490 g/mol. The molecular formula is C19H15ClF3N3O3S2. The van der Waals surface area contributed by atoms with Crippen LogP contribution in [0.15, 0.2) is 47.4 Å². The van der Waals surface area contributed by atoms with Gasteiger partial charge in [-0.25, -0.2) is 13.4 Å². The second kappa shape index (κ2) is 8.05. The first-order valence-electron chi connectivity index (χ1n) is 9.12. The number of anilines is 1. The summed E-state index contributed by atoms with van der Waals surface area (Å²) < 4.78 is 68.3. The van der Waals surface area contributed by atoms with E-state index in [-0.39, 0.29) is 23.1 Å². The summed E-state index contributed by atoms with van der Waals surface area (Å²) in [6.45, 7) is -0.0693. The molecule has 2 heterocycles. The van der Waals surface area contributed by atoms with Gasteiger partial charge in [-0.2, -0.15) is 17.5 Å². The van der Waals surface area contributed by atoms with Crippen molar-refractivity contribution in [3.8, 4) is 0 Å². The molecule has 31 heavy (non-hydrogen) atoms. The fourth-order valence-electron chi connectivity index (χ4n) is 3.48. The molecule has 1 atom stereocenters. The predicted molar refractivity (Wildman–Crippen MR) is 112 cm³/mol. The number of sulfonamides is 1. The van der Waals surface area contributed by atoms with E-state index in [1.165, 1.54) is 11.3 Å². The van der Waals surface area contributed by atoms with Gasteiger partial charge in [0.05, 0.1) is 20.7 Å². The smallest absolute Gasteiger partial charge is 0.301 e. The van der Waals surface area contributed by atoms with Crippen LogP contribution < -0.4 is 5.32 Å². The second-order valence-electron chi connectivity index (χ2n) is 6.89. The van der Waals surface area contributed by atoms with Crippen LogP contribution in [-0.4, -0.2) is 36.2 Å². The molecule has 164 valence electrons. The Hall–Kier alpha value is -2.21. The Bertz CT molecular complexity index is 1230. The molecule has 1 amide bonds. The van der Waals surface area contributed by atoms with Gasteiger partial charge < -0.3 is 5.32 Å². The molecule has 1 aromatic heterocycles. The van der Waals surface area contributed by atoms with Gasteiger partial charge in [0, 0.05) is 11.6 Å². The number of amides is 1. The number of nitrogens with zero attached hydrogens (tertiary/aromatic N) is 2. The number of alkyl halides is 3. The second-order valence-corrected chi connectivity index (χ2v) is 10.2. The summed E-state index contributed by atoms with van der Waals surface area (Å²) in [7, 11) is -4.60. The van der Waals surface area contributed by atoms with E-state index < -0.39 is 38.6 Å². The maximum Gasteiger partial charge on any atom is 0.417 e. The number of rotatable bonds is 4.